The highest BCUT2D eigenvalue weighted by Gasteiger charge is 2.22. The van der Waals surface area contributed by atoms with Crippen LogP contribution in [0.3, 0.4) is 0 Å². The zero-order chi connectivity index (χ0) is 20.4. The molecular weight excluding hydrogens is 366 g/mol. The standard InChI is InChI=1S/C22H21N5O2/c1-3-26-22(29)19-11-5-4-10-18(19)20(25-26)15(2)21(28)24-16-8-6-9-17(14-16)27-13-7-12-23-27/h4-15H,3H2,1-2H3,(H,24,28)/t15-/m1/s1. The van der Waals surface area contributed by atoms with Gasteiger partial charge >= 0.3 is 0 Å². The van der Waals surface area contributed by atoms with E-state index in [9.17, 15) is 9.59 Å². The number of amides is 1. The molecule has 1 N–H and O–H groups in total. The van der Waals surface area contributed by atoms with E-state index in [1.807, 2.05) is 61.7 Å². The number of aryl methyl sites for hydroxylation is 1. The highest BCUT2D eigenvalue weighted by molar-refractivity contribution is 5.98. The van der Waals surface area contributed by atoms with Crippen molar-refractivity contribution in [2.75, 3.05) is 5.32 Å². The summed E-state index contributed by atoms with van der Waals surface area (Å²) in [5, 5.41) is 12.9. The van der Waals surface area contributed by atoms with Crippen molar-refractivity contribution in [1.82, 2.24) is 19.6 Å². The first-order valence-electron chi connectivity index (χ1n) is 9.49. The fourth-order valence-corrected chi connectivity index (χ4v) is 3.32. The average molecular weight is 387 g/mol. The fraction of sp³-hybridized carbons (Fsp3) is 0.182. The highest BCUT2D eigenvalue weighted by Crippen LogP contribution is 2.23. The second-order valence-electron chi connectivity index (χ2n) is 6.76. The Morgan fingerprint density at radius 2 is 1.90 bits per heavy atom. The monoisotopic (exact) mass is 387 g/mol. The Hall–Kier alpha value is -3.74. The molecule has 2 heterocycles. The largest absolute Gasteiger partial charge is 0.325 e. The summed E-state index contributed by atoms with van der Waals surface area (Å²) >= 11 is 0. The van der Waals surface area contributed by atoms with Crippen LogP contribution in [0.25, 0.3) is 16.5 Å². The van der Waals surface area contributed by atoms with Crippen LogP contribution in [-0.2, 0) is 11.3 Å². The van der Waals surface area contributed by atoms with E-state index in [2.05, 4.69) is 15.5 Å². The normalized spacial score (nSPS) is 12.1. The molecule has 1 atom stereocenters. The van der Waals surface area contributed by atoms with Gasteiger partial charge in [-0.15, -0.1) is 0 Å². The zero-order valence-electron chi connectivity index (χ0n) is 16.2. The van der Waals surface area contributed by atoms with Crippen LogP contribution in [0.4, 0.5) is 5.69 Å². The lowest BCUT2D eigenvalue weighted by Crippen LogP contribution is -2.27. The molecule has 0 saturated carbocycles. The van der Waals surface area contributed by atoms with Gasteiger partial charge in [-0.05, 0) is 44.2 Å². The van der Waals surface area contributed by atoms with Crippen LogP contribution in [0, 0.1) is 0 Å². The van der Waals surface area contributed by atoms with Crippen molar-refractivity contribution < 1.29 is 4.79 Å². The molecule has 2 aromatic carbocycles. The third kappa shape index (κ3) is 3.54. The number of anilines is 1. The van der Waals surface area contributed by atoms with Gasteiger partial charge in [0.15, 0.2) is 0 Å². The molecule has 4 rings (SSSR count). The van der Waals surface area contributed by atoms with Crippen molar-refractivity contribution in [2.45, 2.75) is 26.3 Å². The number of hydrogen-bond acceptors (Lipinski definition) is 4. The summed E-state index contributed by atoms with van der Waals surface area (Å²) < 4.78 is 3.13. The molecule has 29 heavy (non-hydrogen) atoms. The lowest BCUT2D eigenvalue weighted by atomic mass is 10.0. The topological polar surface area (TPSA) is 81.8 Å². The van der Waals surface area contributed by atoms with Crippen LogP contribution in [0.2, 0.25) is 0 Å². The molecule has 0 fully saturated rings. The first-order chi connectivity index (χ1) is 14.1. The van der Waals surface area contributed by atoms with E-state index in [4.69, 9.17) is 0 Å². The third-order valence-corrected chi connectivity index (χ3v) is 4.88. The zero-order valence-corrected chi connectivity index (χ0v) is 16.2. The predicted octanol–water partition coefficient (Wildman–Crippen LogP) is 3.34. The summed E-state index contributed by atoms with van der Waals surface area (Å²) in [5.41, 5.74) is 1.96. The maximum Gasteiger partial charge on any atom is 0.274 e. The third-order valence-electron chi connectivity index (χ3n) is 4.88. The minimum absolute atomic E-state index is 0.147. The second kappa shape index (κ2) is 7.71. The smallest absolute Gasteiger partial charge is 0.274 e. The average Bonchev–Trinajstić information content (AvgIpc) is 3.29. The van der Waals surface area contributed by atoms with Gasteiger partial charge in [0.05, 0.1) is 22.7 Å². The van der Waals surface area contributed by atoms with Crippen molar-refractivity contribution in [2.24, 2.45) is 0 Å². The fourth-order valence-electron chi connectivity index (χ4n) is 3.32. The van der Waals surface area contributed by atoms with Gasteiger partial charge in [0.25, 0.3) is 5.56 Å². The molecule has 0 aliphatic rings. The Balaban J connectivity index is 1.66. The maximum absolute atomic E-state index is 13.0. The van der Waals surface area contributed by atoms with Gasteiger partial charge in [-0.2, -0.15) is 10.2 Å². The molecule has 0 spiro atoms. The number of carbonyl (C=O) groups is 1. The van der Waals surface area contributed by atoms with E-state index in [1.165, 1.54) is 4.68 Å². The summed E-state index contributed by atoms with van der Waals surface area (Å²) in [7, 11) is 0. The van der Waals surface area contributed by atoms with Crippen LogP contribution < -0.4 is 10.9 Å². The minimum Gasteiger partial charge on any atom is -0.325 e. The number of rotatable bonds is 5. The van der Waals surface area contributed by atoms with Crippen LogP contribution in [0.5, 0.6) is 0 Å². The first kappa shape index (κ1) is 18.6. The molecule has 2 aromatic heterocycles. The summed E-state index contributed by atoms with van der Waals surface area (Å²) in [4.78, 5) is 25.5. The number of aromatic nitrogens is 4. The van der Waals surface area contributed by atoms with Gasteiger partial charge in [0, 0.05) is 30.0 Å². The van der Waals surface area contributed by atoms with Crippen LogP contribution in [-0.4, -0.2) is 25.5 Å². The van der Waals surface area contributed by atoms with Crippen molar-refractivity contribution in [3.05, 3.63) is 83.0 Å². The van der Waals surface area contributed by atoms with Crippen molar-refractivity contribution >= 4 is 22.4 Å². The summed E-state index contributed by atoms with van der Waals surface area (Å²) in [6.07, 6.45) is 3.54. The number of hydrogen-bond donors (Lipinski definition) is 1. The van der Waals surface area contributed by atoms with Gasteiger partial charge in [0.2, 0.25) is 5.91 Å². The van der Waals surface area contributed by atoms with Crippen LogP contribution in [0.15, 0.2) is 71.8 Å². The van der Waals surface area contributed by atoms with Crippen molar-refractivity contribution in [3.63, 3.8) is 0 Å². The number of fused-ring (bicyclic) bond motifs is 1. The van der Waals surface area contributed by atoms with Crippen molar-refractivity contribution in [3.8, 4) is 5.69 Å². The Morgan fingerprint density at radius 3 is 2.62 bits per heavy atom. The molecule has 0 radical (unpaired) electrons. The van der Waals surface area contributed by atoms with E-state index in [0.717, 1.165) is 5.69 Å². The molecule has 1 amide bonds. The van der Waals surface area contributed by atoms with Gasteiger partial charge < -0.3 is 5.32 Å². The van der Waals surface area contributed by atoms with Crippen molar-refractivity contribution in [1.29, 1.82) is 0 Å². The van der Waals surface area contributed by atoms with Crippen LogP contribution in [0.1, 0.15) is 25.5 Å². The van der Waals surface area contributed by atoms with E-state index < -0.39 is 5.92 Å². The Bertz CT molecular complexity index is 1230. The molecule has 0 aliphatic carbocycles. The molecule has 7 nitrogen and oxygen atoms in total. The number of nitrogens with one attached hydrogen (secondary N) is 1. The van der Waals surface area contributed by atoms with E-state index in [-0.39, 0.29) is 11.5 Å². The maximum atomic E-state index is 13.0. The van der Waals surface area contributed by atoms with Gasteiger partial charge in [-0.1, -0.05) is 24.3 Å². The Morgan fingerprint density at radius 1 is 1.10 bits per heavy atom. The van der Waals surface area contributed by atoms with Gasteiger partial charge in [-0.25, -0.2) is 9.36 Å². The number of nitrogens with zero attached hydrogens (tertiary/aromatic N) is 4. The lowest BCUT2D eigenvalue weighted by Gasteiger charge is -2.16. The van der Waals surface area contributed by atoms with Gasteiger partial charge in [0.1, 0.15) is 0 Å². The summed E-state index contributed by atoms with van der Waals surface area (Å²) in [6.45, 7) is 4.10. The minimum atomic E-state index is -0.536. The number of benzene rings is 2. The quantitative estimate of drug-likeness (QED) is 0.569. The van der Waals surface area contributed by atoms with Gasteiger partial charge in [-0.3, -0.25) is 9.59 Å². The molecule has 7 heteroatoms. The molecule has 0 aliphatic heterocycles. The predicted molar refractivity (Wildman–Crippen MR) is 112 cm³/mol. The second-order valence-corrected chi connectivity index (χ2v) is 6.76. The van der Waals surface area contributed by atoms with Crippen LogP contribution >= 0.6 is 0 Å². The lowest BCUT2D eigenvalue weighted by molar-refractivity contribution is -0.117. The molecule has 0 unspecified atom stereocenters. The summed E-state index contributed by atoms with van der Waals surface area (Å²) in [6, 6.07) is 16.6. The molecule has 0 saturated heterocycles. The Labute approximate surface area is 167 Å². The molecular formula is C22H21N5O2. The first-order valence-corrected chi connectivity index (χ1v) is 9.49. The number of carbonyl (C=O) groups excluding carboxylic acids is 1. The summed E-state index contributed by atoms with van der Waals surface area (Å²) in [5.74, 6) is -0.728. The molecule has 146 valence electrons. The highest BCUT2D eigenvalue weighted by atomic mass is 16.2. The van der Waals surface area contributed by atoms with E-state index in [0.29, 0.717) is 28.7 Å². The molecule has 0 bridgehead atoms. The van der Waals surface area contributed by atoms with E-state index >= 15 is 0 Å². The molecule has 4 aromatic rings. The van der Waals surface area contributed by atoms with E-state index in [1.54, 1.807) is 23.9 Å². The Kier molecular flexibility index (Phi) is 4.95. The SMILES string of the molecule is CCn1nc([C@@H](C)C(=O)Nc2cccc(-n3cccn3)c2)c2ccccc2c1=O.